The Bertz CT molecular complexity index is 1420. The fourth-order valence-electron chi connectivity index (χ4n) is 6.26. The second kappa shape index (κ2) is 14.4. The van der Waals surface area contributed by atoms with Crippen molar-refractivity contribution in [3.8, 4) is 11.5 Å². The molecule has 3 atom stereocenters. The van der Waals surface area contributed by atoms with E-state index in [0.717, 1.165) is 70.7 Å². The highest BCUT2D eigenvalue weighted by Gasteiger charge is 2.30. The summed E-state index contributed by atoms with van der Waals surface area (Å²) < 4.78 is 6.04. The average molecular weight is 590 g/mol. The molecule has 0 aromatic heterocycles. The number of nitrogens with two attached hydrogens (primary N) is 1. The third-order valence-electron chi connectivity index (χ3n) is 8.71. The number of nitrogens with zero attached hydrogens (tertiary/aromatic N) is 1. The maximum atomic E-state index is 12.4. The van der Waals surface area contributed by atoms with E-state index in [-0.39, 0.29) is 30.7 Å². The zero-order valence-corrected chi connectivity index (χ0v) is 25.1. The molecule has 0 bridgehead atoms. The Morgan fingerprint density at radius 3 is 2.93 bits per heavy atom. The van der Waals surface area contributed by atoms with E-state index in [2.05, 4.69) is 23.4 Å². The molecule has 0 radical (unpaired) electrons. The molecule has 1 unspecified atom stereocenters. The number of aryl methyl sites for hydroxylation is 1. The monoisotopic (exact) mass is 589 g/mol. The van der Waals surface area contributed by atoms with Crippen LogP contribution in [0.25, 0.3) is 0 Å². The number of aliphatic imine (C=N–C) groups is 1. The zero-order chi connectivity index (χ0) is 30.3. The zero-order valence-electron chi connectivity index (χ0n) is 25.1. The lowest BCUT2D eigenvalue weighted by atomic mass is 9.86. The summed E-state index contributed by atoms with van der Waals surface area (Å²) >= 11 is 0. The number of benzene rings is 2. The maximum Gasteiger partial charge on any atom is 0.227 e. The summed E-state index contributed by atoms with van der Waals surface area (Å²) in [5, 5.41) is 33.9. The van der Waals surface area contributed by atoms with Gasteiger partial charge >= 0.3 is 0 Å². The summed E-state index contributed by atoms with van der Waals surface area (Å²) in [6.07, 6.45) is 9.61. The van der Waals surface area contributed by atoms with Crippen LogP contribution in [0, 0.1) is 0 Å². The predicted molar refractivity (Wildman–Crippen MR) is 166 cm³/mol. The van der Waals surface area contributed by atoms with Gasteiger partial charge in [0.25, 0.3) is 0 Å². The molecule has 9 nitrogen and oxygen atoms in total. The minimum Gasteiger partial charge on any atom is -0.504 e. The largest absolute Gasteiger partial charge is 0.504 e. The molecule has 0 spiro atoms. The molecule has 43 heavy (non-hydrogen) atoms. The molecule has 0 saturated heterocycles. The Labute approximate surface area is 253 Å². The summed E-state index contributed by atoms with van der Waals surface area (Å²) in [5.41, 5.74) is 14.9. The van der Waals surface area contributed by atoms with Gasteiger partial charge in [-0.05, 0) is 64.8 Å². The van der Waals surface area contributed by atoms with E-state index < -0.39 is 6.10 Å². The third-order valence-corrected chi connectivity index (χ3v) is 8.71. The molecule has 7 N–H and O–H groups in total. The van der Waals surface area contributed by atoms with Crippen LogP contribution in [0.4, 0.5) is 0 Å². The third kappa shape index (κ3) is 7.60. The highest BCUT2D eigenvalue weighted by atomic mass is 16.5. The first kappa shape index (κ1) is 31.1. The Morgan fingerprint density at radius 2 is 2.12 bits per heavy atom. The van der Waals surface area contributed by atoms with E-state index in [1.54, 1.807) is 18.2 Å². The van der Waals surface area contributed by atoms with Crippen molar-refractivity contribution in [1.29, 1.82) is 0 Å². The van der Waals surface area contributed by atoms with Gasteiger partial charge in [-0.2, -0.15) is 0 Å². The number of nitrogens with one attached hydrogen (secondary N) is 2. The van der Waals surface area contributed by atoms with E-state index >= 15 is 0 Å². The van der Waals surface area contributed by atoms with Crippen LogP contribution in [0.15, 0.2) is 58.4 Å². The minimum atomic E-state index is -0.569. The van der Waals surface area contributed by atoms with Gasteiger partial charge in [0.1, 0.15) is 24.2 Å². The number of aromatic hydroxyl groups is 1. The van der Waals surface area contributed by atoms with Crippen LogP contribution in [0.2, 0.25) is 0 Å². The molecule has 0 aliphatic carbocycles. The van der Waals surface area contributed by atoms with Crippen molar-refractivity contribution >= 4 is 12.0 Å². The molecule has 0 amide bonds. The number of quaternary nitrogens is 1. The first-order chi connectivity index (χ1) is 20.9. The number of rotatable bonds is 15. The van der Waals surface area contributed by atoms with Gasteiger partial charge in [-0.3, -0.25) is 20.0 Å². The van der Waals surface area contributed by atoms with E-state index in [0.29, 0.717) is 44.7 Å². The lowest BCUT2D eigenvalue weighted by molar-refractivity contribution is -0.855. The van der Waals surface area contributed by atoms with Crippen molar-refractivity contribution in [2.24, 2.45) is 10.7 Å². The topological polar surface area (TPSA) is 142 Å². The van der Waals surface area contributed by atoms with Gasteiger partial charge in [-0.15, -0.1) is 0 Å². The number of carbonyl (C=O) groups excluding carboxylic acids is 1. The predicted octanol–water partition coefficient (Wildman–Crippen LogP) is 2.52. The standard InChI is InChI=1S/C34H44N4O5/c1-2-3-4-5-25(40)16-26(41)9-6-22-7-11-32(42)33(14-22)43-21-38-18-30-24(17-37-31(30)19-38)15-29-23(20-39)8-10-28-27(29)12-13-36-34(28)35/h7-8,10-11,14,17,19,25,34,36,39-40,42H,2-6,9,12-13,15-16,18,20-21,35H2,1H3/p+1/t25-,34+/m1/s1. The van der Waals surface area contributed by atoms with Crippen LogP contribution in [-0.4, -0.2) is 53.2 Å². The number of phenols is 1. The number of hydrogen-bond donors (Lipinski definition) is 6. The molecule has 0 saturated carbocycles. The van der Waals surface area contributed by atoms with E-state index in [1.165, 1.54) is 11.1 Å². The quantitative estimate of drug-likeness (QED) is 0.175. The van der Waals surface area contributed by atoms with Crippen LogP contribution < -0.4 is 20.7 Å². The van der Waals surface area contributed by atoms with Crippen molar-refractivity contribution in [3.63, 3.8) is 0 Å². The molecule has 230 valence electrons. The molecular formula is C34H45N4O5+. The van der Waals surface area contributed by atoms with Gasteiger partial charge in [0, 0.05) is 37.6 Å². The number of unbranched alkanes of at least 4 members (excludes halogenated alkanes) is 2. The Balaban J connectivity index is 1.18. The normalized spacial score (nSPS) is 19.8. The van der Waals surface area contributed by atoms with Crippen molar-refractivity contribution in [2.45, 2.75) is 83.6 Å². The van der Waals surface area contributed by atoms with Crippen LogP contribution in [0.3, 0.4) is 0 Å². The molecule has 3 heterocycles. The first-order valence-electron chi connectivity index (χ1n) is 15.6. The van der Waals surface area contributed by atoms with Crippen molar-refractivity contribution in [1.82, 2.24) is 5.32 Å². The number of allylic oxidation sites excluding steroid dienone is 1. The summed E-state index contributed by atoms with van der Waals surface area (Å²) in [6.45, 7) is 3.94. The highest BCUT2D eigenvalue weighted by Crippen LogP contribution is 2.32. The molecule has 2 aromatic rings. The van der Waals surface area contributed by atoms with Crippen molar-refractivity contribution < 1.29 is 29.8 Å². The number of aliphatic hydroxyl groups excluding tert-OH is 2. The van der Waals surface area contributed by atoms with Crippen LogP contribution >= 0.6 is 0 Å². The lowest BCUT2D eigenvalue weighted by Gasteiger charge is -2.27. The molecule has 3 aliphatic rings. The van der Waals surface area contributed by atoms with E-state index in [4.69, 9.17) is 10.5 Å². The number of ether oxygens (including phenoxy) is 1. The van der Waals surface area contributed by atoms with Gasteiger partial charge in [-0.1, -0.05) is 44.4 Å². The summed E-state index contributed by atoms with van der Waals surface area (Å²) in [4.78, 5) is 18.1. The molecular weight excluding hydrogens is 544 g/mol. The van der Waals surface area contributed by atoms with Gasteiger partial charge in [0.2, 0.25) is 6.73 Å². The molecule has 0 fully saturated rings. The maximum absolute atomic E-state index is 12.4. The first-order valence-corrected chi connectivity index (χ1v) is 15.6. The SMILES string of the molecule is CCCCC[C@@H](O)CC(=O)CCc1ccc(O)c(OC[NH+]2C=C3N=CC(Cc4c(CO)ccc5c4CCN[C@@H]5N)=C3C2)c1. The van der Waals surface area contributed by atoms with Gasteiger partial charge in [0.05, 0.1) is 18.9 Å². The number of carbonyl (C=O) groups is 1. The van der Waals surface area contributed by atoms with Crippen molar-refractivity contribution in [2.75, 3.05) is 19.8 Å². The molecule has 9 heteroatoms. The number of aliphatic hydroxyl groups is 2. The summed E-state index contributed by atoms with van der Waals surface area (Å²) in [6, 6.07) is 9.20. The fraction of sp³-hybridized carbons (Fsp3) is 0.471. The second-order valence-electron chi connectivity index (χ2n) is 11.9. The number of phenolic OH excluding ortho intramolecular Hbond substituents is 1. The van der Waals surface area contributed by atoms with Crippen molar-refractivity contribution in [3.05, 3.63) is 81.2 Å². The average Bonchev–Trinajstić information content (AvgIpc) is 3.57. The van der Waals surface area contributed by atoms with Crippen LogP contribution in [0.1, 0.15) is 79.4 Å². The van der Waals surface area contributed by atoms with Gasteiger partial charge < -0.3 is 25.8 Å². The van der Waals surface area contributed by atoms with E-state index in [9.17, 15) is 20.1 Å². The summed E-state index contributed by atoms with van der Waals surface area (Å²) in [7, 11) is 0. The van der Waals surface area contributed by atoms with E-state index in [1.807, 2.05) is 18.3 Å². The number of ketones is 1. The molecule has 5 rings (SSSR count). The Hall–Kier alpha value is -3.34. The number of Topliss-reactive ketones (excluding diaryl/α,β-unsaturated/α-hetero) is 1. The molecule has 2 aromatic carbocycles. The smallest absolute Gasteiger partial charge is 0.227 e. The van der Waals surface area contributed by atoms with Gasteiger partial charge in [0.15, 0.2) is 11.5 Å². The number of fused-ring (bicyclic) bond motifs is 2. The highest BCUT2D eigenvalue weighted by molar-refractivity contribution is 5.87. The molecule has 3 aliphatic heterocycles. The lowest BCUT2D eigenvalue weighted by Crippen LogP contribution is -3.07. The second-order valence-corrected chi connectivity index (χ2v) is 11.9. The fourth-order valence-corrected chi connectivity index (χ4v) is 6.26. The van der Waals surface area contributed by atoms with Gasteiger partial charge in [-0.25, -0.2) is 0 Å². The Kier molecular flexibility index (Phi) is 10.4. The Morgan fingerprint density at radius 1 is 1.26 bits per heavy atom. The van der Waals surface area contributed by atoms with Crippen LogP contribution in [-0.2, 0) is 30.7 Å². The number of hydrogen-bond acceptors (Lipinski definition) is 8. The van der Waals surface area contributed by atoms with Crippen LogP contribution in [0.5, 0.6) is 11.5 Å². The minimum absolute atomic E-state index is 0.0172. The summed E-state index contributed by atoms with van der Waals surface area (Å²) in [5.74, 6) is 0.494.